The second-order valence-electron chi connectivity index (χ2n) is 4.33. The molecule has 1 heterocycles. The van der Waals surface area contributed by atoms with Gasteiger partial charge in [0.05, 0.1) is 17.3 Å². The van der Waals surface area contributed by atoms with Crippen LogP contribution in [-0.4, -0.2) is 0 Å². The third kappa shape index (κ3) is 3.12. The average molecular weight is 274 g/mol. The number of thiophene rings is 1. The van der Waals surface area contributed by atoms with Gasteiger partial charge in [0.2, 0.25) is 0 Å². The summed E-state index contributed by atoms with van der Waals surface area (Å²) >= 11 is 1.76. The van der Waals surface area contributed by atoms with E-state index in [2.05, 4.69) is 24.4 Å². The SMILES string of the molecule is CCc1ccc(C(C)Nc2ccc(F)cc2C#N)s1. The first-order chi connectivity index (χ1) is 9.13. The van der Waals surface area contributed by atoms with Crippen molar-refractivity contribution < 1.29 is 4.39 Å². The first-order valence-corrected chi connectivity index (χ1v) is 7.00. The van der Waals surface area contributed by atoms with Crippen LogP contribution < -0.4 is 5.32 Å². The van der Waals surface area contributed by atoms with Crippen LogP contribution >= 0.6 is 11.3 Å². The smallest absolute Gasteiger partial charge is 0.124 e. The van der Waals surface area contributed by atoms with Crippen molar-refractivity contribution in [2.45, 2.75) is 26.3 Å². The summed E-state index contributed by atoms with van der Waals surface area (Å²) in [5.41, 5.74) is 1.00. The van der Waals surface area contributed by atoms with E-state index in [1.54, 1.807) is 17.4 Å². The molecule has 1 N–H and O–H groups in total. The number of halogens is 1. The van der Waals surface area contributed by atoms with Crippen molar-refractivity contribution in [1.82, 2.24) is 0 Å². The van der Waals surface area contributed by atoms with E-state index < -0.39 is 0 Å². The number of hydrogen-bond acceptors (Lipinski definition) is 3. The third-order valence-corrected chi connectivity index (χ3v) is 4.34. The Morgan fingerprint density at radius 3 is 2.79 bits per heavy atom. The summed E-state index contributed by atoms with van der Waals surface area (Å²) in [7, 11) is 0. The molecule has 0 amide bonds. The summed E-state index contributed by atoms with van der Waals surface area (Å²) in [6, 6.07) is 10.5. The van der Waals surface area contributed by atoms with Crippen LogP contribution in [0.5, 0.6) is 0 Å². The Balaban J connectivity index is 2.19. The molecule has 0 saturated carbocycles. The molecule has 4 heteroatoms. The lowest BCUT2D eigenvalue weighted by Gasteiger charge is -2.14. The number of nitriles is 1. The molecule has 0 aliphatic carbocycles. The minimum Gasteiger partial charge on any atom is -0.377 e. The molecule has 0 spiro atoms. The summed E-state index contributed by atoms with van der Waals surface area (Å²) in [4.78, 5) is 2.55. The Hall–Kier alpha value is -1.86. The van der Waals surface area contributed by atoms with Gasteiger partial charge in [0.25, 0.3) is 0 Å². The van der Waals surface area contributed by atoms with Gasteiger partial charge in [-0.1, -0.05) is 6.92 Å². The average Bonchev–Trinajstić information content (AvgIpc) is 2.89. The number of aryl methyl sites for hydroxylation is 1. The molecule has 19 heavy (non-hydrogen) atoms. The van der Waals surface area contributed by atoms with Crippen LogP contribution in [-0.2, 0) is 6.42 Å². The first-order valence-electron chi connectivity index (χ1n) is 6.18. The molecule has 0 bridgehead atoms. The standard InChI is InChI=1S/C15H15FN2S/c1-3-13-5-7-15(19-13)10(2)18-14-6-4-12(16)8-11(14)9-17/h4-8,10,18H,3H2,1-2H3. The van der Waals surface area contributed by atoms with Crippen molar-refractivity contribution in [2.24, 2.45) is 0 Å². The molecule has 0 radical (unpaired) electrons. The highest BCUT2D eigenvalue weighted by atomic mass is 32.1. The number of hydrogen-bond donors (Lipinski definition) is 1. The largest absolute Gasteiger partial charge is 0.377 e. The lowest BCUT2D eigenvalue weighted by molar-refractivity contribution is 0.627. The van der Waals surface area contributed by atoms with Crippen LogP contribution in [0.25, 0.3) is 0 Å². The van der Waals surface area contributed by atoms with E-state index in [1.165, 1.54) is 21.9 Å². The van der Waals surface area contributed by atoms with Gasteiger partial charge in [0.1, 0.15) is 11.9 Å². The molecular weight excluding hydrogens is 259 g/mol. The van der Waals surface area contributed by atoms with Gasteiger partial charge in [-0.3, -0.25) is 0 Å². The summed E-state index contributed by atoms with van der Waals surface area (Å²) in [5.74, 6) is -0.390. The first kappa shape index (κ1) is 13.6. The molecule has 0 aliphatic heterocycles. The molecular formula is C15H15FN2S. The van der Waals surface area contributed by atoms with Gasteiger partial charge < -0.3 is 5.32 Å². The Bertz CT molecular complexity index is 613. The fourth-order valence-electron chi connectivity index (χ4n) is 1.86. The molecule has 98 valence electrons. The minimum atomic E-state index is -0.390. The van der Waals surface area contributed by atoms with Gasteiger partial charge in [0, 0.05) is 9.75 Å². The Kier molecular flexibility index (Phi) is 4.18. The van der Waals surface area contributed by atoms with Gasteiger partial charge in [-0.15, -0.1) is 11.3 Å². The predicted octanol–water partition coefficient (Wildman–Crippen LogP) is 4.49. The van der Waals surface area contributed by atoms with E-state index in [-0.39, 0.29) is 11.9 Å². The van der Waals surface area contributed by atoms with Gasteiger partial charge >= 0.3 is 0 Å². The maximum atomic E-state index is 13.1. The Morgan fingerprint density at radius 2 is 2.16 bits per heavy atom. The van der Waals surface area contributed by atoms with Crippen LogP contribution in [0.15, 0.2) is 30.3 Å². The zero-order valence-corrected chi connectivity index (χ0v) is 11.7. The zero-order chi connectivity index (χ0) is 13.8. The maximum absolute atomic E-state index is 13.1. The van der Waals surface area contributed by atoms with Crippen molar-refractivity contribution in [3.05, 3.63) is 51.5 Å². The predicted molar refractivity (Wildman–Crippen MR) is 76.8 cm³/mol. The number of anilines is 1. The van der Waals surface area contributed by atoms with Crippen molar-refractivity contribution in [1.29, 1.82) is 5.26 Å². The molecule has 2 aromatic rings. The van der Waals surface area contributed by atoms with Gasteiger partial charge in [-0.05, 0) is 43.7 Å². The molecule has 1 aromatic heterocycles. The van der Waals surface area contributed by atoms with E-state index >= 15 is 0 Å². The van der Waals surface area contributed by atoms with Crippen molar-refractivity contribution >= 4 is 17.0 Å². The van der Waals surface area contributed by atoms with Crippen LogP contribution in [0.4, 0.5) is 10.1 Å². The number of rotatable bonds is 4. The summed E-state index contributed by atoms with van der Waals surface area (Å²) < 4.78 is 13.1. The third-order valence-electron chi connectivity index (χ3n) is 2.93. The van der Waals surface area contributed by atoms with Crippen LogP contribution in [0.1, 0.15) is 35.2 Å². The maximum Gasteiger partial charge on any atom is 0.124 e. The number of nitrogens with one attached hydrogen (secondary N) is 1. The fraction of sp³-hybridized carbons (Fsp3) is 0.267. The second-order valence-corrected chi connectivity index (χ2v) is 5.53. The highest BCUT2D eigenvalue weighted by Gasteiger charge is 2.11. The fourth-order valence-corrected chi connectivity index (χ4v) is 2.81. The molecule has 1 aromatic carbocycles. The van der Waals surface area contributed by atoms with E-state index in [4.69, 9.17) is 5.26 Å². The Labute approximate surface area is 116 Å². The lowest BCUT2D eigenvalue weighted by atomic mass is 10.1. The molecule has 0 aliphatic rings. The van der Waals surface area contributed by atoms with E-state index in [9.17, 15) is 4.39 Å². The summed E-state index contributed by atoms with van der Waals surface area (Å²) in [6.45, 7) is 4.16. The molecule has 1 unspecified atom stereocenters. The van der Waals surface area contributed by atoms with E-state index in [1.807, 2.05) is 13.0 Å². The van der Waals surface area contributed by atoms with Gasteiger partial charge in [-0.2, -0.15) is 5.26 Å². The molecule has 2 rings (SSSR count). The van der Waals surface area contributed by atoms with Crippen molar-refractivity contribution in [3.63, 3.8) is 0 Å². The normalized spacial score (nSPS) is 11.9. The van der Waals surface area contributed by atoms with E-state index in [0.29, 0.717) is 11.3 Å². The van der Waals surface area contributed by atoms with E-state index in [0.717, 1.165) is 6.42 Å². The number of benzene rings is 1. The summed E-state index contributed by atoms with van der Waals surface area (Å²) in [6.07, 6.45) is 1.03. The topological polar surface area (TPSA) is 35.8 Å². The quantitative estimate of drug-likeness (QED) is 0.891. The van der Waals surface area contributed by atoms with Crippen molar-refractivity contribution in [2.75, 3.05) is 5.32 Å². The Morgan fingerprint density at radius 1 is 1.37 bits per heavy atom. The van der Waals surface area contributed by atoms with Crippen molar-refractivity contribution in [3.8, 4) is 6.07 Å². The number of nitrogens with zero attached hydrogens (tertiary/aromatic N) is 1. The molecule has 0 fully saturated rings. The minimum absolute atomic E-state index is 0.0999. The van der Waals surface area contributed by atoms with Crippen LogP contribution in [0, 0.1) is 17.1 Å². The monoisotopic (exact) mass is 274 g/mol. The van der Waals surface area contributed by atoms with Crippen LogP contribution in [0.2, 0.25) is 0 Å². The second kappa shape index (κ2) is 5.85. The molecule has 1 atom stereocenters. The van der Waals surface area contributed by atoms with Gasteiger partial charge in [0.15, 0.2) is 0 Å². The molecule has 0 saturated heterocycles. The summed E-state index contributed by atoms with van der Waals surface area (Å²) in [5, 5.41) is 12.3. The lowest BCUT2D eigenvalue weighted by Crippen LogP contribution is -2.06. The van der Waals surface area contributed by atoms with Crippen LogP contribution in [0.3, 0.4) is 0 Å². The van der Waals surface area contributed by atoms with Gasteiger partial charge in [-0.25, -0.2) is 4.39 Å². The highest BCUT2D eigenvalue weighted by Crippen LogP contribution is 2.28. The molecule has 2 nitrogen and oxygen atoms in total. The highest BCUT2D eigenvalue weighted by molar-refractivity contribution is 7.12. The zero-order valence-electron chi connectivity index (χ0n) is 10.9.